The molecule has 128 valence electrons. The van der Waals surface area contributed by atoms with Crippen molar-refractivity contribution in [3.05, 3.63) is 40.3 Å². The molecule has 0 radical (unpaired) electrons. The summed E-state index contributed by atoms with van der Waals surface area (Å²) in [5.74, 6) is -0.371. The van der Waals surface area contributed by atoms with Gasteiger partial charge in [0.05, 0.1) is 15.8 Å². The van der Waals surface area contributed by atoms with Gasteiger partial charge in [-0.3, -0.25) is 4.79 Å². The summed E-state index contributed by atoms with van der Waals surface area (Å²) < 4.78 is 15.5. The highest BCUT2D eigenvalue weighted by molar-refractivity contribution is 9.10. The lowest BCUT2D eigenvalue weighted by Crippen LogP contribution is -2.58. The molecule has 1 fully saturated rings. The number of carbonyl (C=O) groups excluding carboxylic acids is 1. The molecule has 0 aliphatic carbocycles. The smallest absolute Gasteiger partial charge is 0.161 e. The molecule has 2 aliphatic rings. The molecule has 1 aromatic rings. The van der Waals surface area contributed by atoms with E-state index in [1.165, 1.54) is 13.0 Å². The molecule has 4 nitrogen and oxygen atoms in total. The zero-order valence-electron chi connectivity index (χ0n) is 14.1. The van der Waals surface area contributed by atoms with Crippen LogP contribution in [0.4, 0.5) is 15.8 Å². The van der Waals surface area contributed by atoms with Crippen LogP contribution in [0.3, 0.4) is 0 Å². The number of ketones is 1. The van der Waals surface area contributed by atoms with E-state index in [1.54, 1.807) is 6.20 Å². The van der Waals surface area contributed by atoms with E-state index in [0.717, 1.165) is 25.3 Å². The van der Waals surface area contributed by atoms with Crippen LogP contribution in [0, 0.1) is 5.82 Å². The van der Waals surface area contributed by atoms with Gasteiger partial charge in [0.2, 0.25) is 0 Å². The molecular formula is C18H21BrFN3O. The molecule has 2 heterocycles. The zero-order valence-corrected chi connectivity index (χ0v) is 15.7. The van der Waals surface area contributed by atoms with Gasteiger partial charge in [-0.05, 0) is 41.0 Å². The van der Waals surface area contributed by atoms with E-state index in [9.17, 15) is 9.18 Å². The van der Waals surface area contributed by atoms with Crippen molar-refractivity contribution in [1.29, 1.82) is 0 Å². The van der Waals surface area contributed by atoms with Crippen molar-refractivity contribution >= 4 is 38.7 Å². The fraction of sp³-hybridized carbons (Fsp3) is 0.389. The normalized spacial score (nSPS) is 17.5. The van der Waals surface area contributed by atoms with E-state index in [1.807, 2.05) is 16.8 Å². The van der Waals surface area contributed by atoms with E-state index in [4.69, 9.17) is 0 Å². The monoisotopic (exact) mass is 393 g/mol. The molecule has 24 heavy (non-hydrogen) atoms. The number of Topliss-reactive ketones (excluding diaryl/α,β-unsaturated/α-hetero) is 1. The number of hydrogen-bond acceptors (Lipinski definition) is 4. The number of hydrogen-bond donors (Lipinski definition) is 1. The molecule has 1 aromatic carbocycles. The Bertz CT molecular complexity index is 753. The number of rotatable bonds is 4. The molecule has 0 atom stereocenters. The maximum Gasteiger partial charge on any atom is 0.161 e. The lowest BCUT2D eigenvalue weighted by Gasteiger charge is -2.43. The van der Waals surface area contributed by atoms with E-state index < -0.39 is 0 Å². The number of allylic oxidation sites excluding steroid dienone is 2. The summed E-state index contributed by atoms with van der Waals surface area (Å²) in [6.07, 6.45) is 1.76. The van der Waals surface area contributed by atoms with Gasteiger partial charge in [0.1, 0.15) is 5.82 Å². The summed E-state index contributed by atoms with van der Waals surface area (Å²) in [5.41, 5.74) is 3.15. The first kappa shape index (κ1) is 17.2. The van der Waals surface area contributed by atoms with E-state index in [2.05, 4.69) is 34.7 Å². The maximum absolute atomic E-state index is 14.8. The van der Waals surface area contributed by atoms with Gasteiger partial charge in [0, 0.05) is 43.5 Å². The number of halogens is 2. The lowest BCUT2D eigenvalue weighted by molar-refractivity contribution is -0.113. The van der Waals surface area contributed by atoms with Crippen LogP contribution in [0.15, 0.2) is 28.9 Å². The lowest BCUT2D eigenvalue weighted by atomic mass is 9.91. The minimum Gasteiger partial charge on any atom is -0.365 e. The van der Waals surface area contributed by atoms with Crippen molar-refractivity contribution in [2.45, 2.75) is 19.9 Å². The van der Waals surface area contributed by atoms with Crippen LogP contribution < -0.4 is 15.1 Å². The van der Waals surface area contributed by atoms with Gasteiger partial charge >= 0.3 is 0 Å². The third-order valence-electron chi connectivity index (χ3n) is 4.56. The summed E-state index contributed by atoms with van der Waals surface area (Å²) in [4.78, 5) is 15.7. The van der Waals surface area contributed by atoms with Crippen LogP contribution in [-0.4, -0.2) is 38.5 Å². The molecule has 2 aliphatic heterocycles. The molecule has 1 saturated heterocycles. The second kappa shape index (κ2) is 6.33. The summed E-state index contributed by atoms with van der Waals surface area (Å²) in [7, 11) is 1.86. The molecule has 0 saturated carbocycles. The minimum absolute atomic E-state index is 0.0747. The van der Waals surface area contributed by atoms with Crippen molar-refractivity contribution in [1.82, 2.24) is 5.32 Å². The molecular weight excluding hydrogens is 373 g/mol. The van der Waals surface area contributed by atoms with E-state index >= 15 is 0 Å². The third-order valence-corrected chi connectivity index (χ3v) is 5.31. The zero-order chi connectivity index (χ0) is 17.6. The highest BCUT2D eigenvalue weighted by atomic mass is 79.9. The van der Waals surface area contributed by atoms with Crippen molar-refractivity contribution in [3.63, 3.8) is 0 Å². The minimum atomic E-state index is -0.296. The van der Waals surface area contributed by atoms with Crippen LogP contribution in [0.2, 0.25) is 0 Å². The molecule has 0 spiro atoms. The number of anilines is 2. The standard InChI is InChI=1S/C18H21BrFN3O/c1-5-21-12-7-23(8-12)18-15(20)6-13-10(2)14(11(3)24)9-22(4)17(13)16(18)19/h6,9,12,21H,2,5,7-8H2,1,3-4H3. The fourth-order valence-corrected chi connectivity index (χ4v) is 4.26. The van der Waals surface area contributed by atoms with Crippen LogP contribution in [0.1, 0.15) is 19.4 Å². The van der Waals surface area contributed by atoms with E-state index in [0.29, 0.717) is 32.9 Å². The van der Waals surface area contributed by atoms with Gasteiger partial charge < -0.3 is 15.1 Å². The molecule has 1 N–H and O–H groups in total. The van der Waals surface area contributed by atoms with Crippen molar-refractivity contribution in [2.24, 2.45) is 0 Å². The average molecular weight is 394 g/mol. The summed E-state index contributed by atoms with van der Waals surface area (Å²) in [5, 5.41) is 3.37. The Balaban J connectivity index is 2.01. The number of nitrogens with one attached hydrogen (secondary N) is 1. The highest BCUT2D eigenvalue weighted by Gasteiger charge is 2.33. The van der Waals surface area contributed by atoms with Gasteiger partial charge in [-0.1, -0.05) is 13.5 Å². The topological polar surface area (TPSA) is 35.6 Å². The van der Waals surface area contributed by atoms with Crippen LogP contribution in [0.5, 0.6) is 0 Å². The largest absolute Gasteiger partial charge is 0.365 e. The highest BCUT2D eigenvalue weighted by Crippen LogP contribution is 2.46. The second-order valence-corrected chi connectivity index (χ2v) is 7.06. The Hall–Kier alpha value is -1.66. The first-order valence-corrected chi connectivity index (χ1v) is 8.80. The van der Waals surface area contributed by atoms with Gasteiger partial charge in [0.15, 0.2) is 5.78 Å². The number of nitrogens with zero attached hydrogens (tertiary/aromatic N) is 2. The van der Waals surface area contributed by atoms with E-state index in [-0.39, 0.29) is 11.6 Å². The van der Waals surface area contributed by atoms with Gasteiger partial charge in [-0.2, -0.15) is 0 Å². The Morgan fingerprint density at radius 1 is 1.46 bits per heavy atom. The molecule has 0 aromatic heterocycles. The number of fused-ring (bicyclic) bond motifs is 1. The van der Waals surface area contributed by atoms with Crippen LogP contribution >= 0.6 is 15.9 Å². The Morgan fingerprint density at radius 2 is 2.12 bits per heavy atom. The van der Waals surface area contributed by atoms with Gasteiger partial charge in [0.25, 0.3) is 0 Å². The van der Waals surface area contributed by atoms with Gasteiger partial charge in [-0.15, -0.1) is 0 Å². The number of benzene rings is 1. The van der Waals surface area contributed by atoms with Crippen molar-refractivity contribution < 1.29 is 9.18 Å². The van der Waals surface area contributed by atoms with Crippen LogP contribution in [-0.2, 0) is 4.79 Å². The Kier molecular flexibility index (Phi) is 4.53. The summed E-state index contributed by atoms with van der Waals surface area (Å²) >= 11 is 3.58. The first-order valence-electron chi connectivity index (χ1n) is 8.00. The quantitative estimate of drug-likeness (QED) is 0.850. The third kappa shape index (κ3) is 2.67. The van der Waals surface area contributed by atoms with Crippen molar-refractivity contribution in [3.8, 4) is 0 Å². The molecule has 3 rings (SSSR count). The average Bonchev–Trinajstić information content (AvgIpc) is 2.47. The van der Waals surface area contributed by atoms with Gasteiger partial charge in [-0.25, -0.2) is 4.39 Å². The van der Waals surface area contributed by atoms with Crippen molar-refractivity contribution in [2.75, 3.05) is 36.5 Å². The predicted octanol–water partition coefficient (Wildman–Crippen LogP) is 3.32. The number of likely N-dealkylation sites (N-methyl/N-ethyl adjacent to an activating group) is 1. The molecule has 6 heteroatoms. The molecule has 0 bridgehead atoms. The molecule has 0 amide bonds. The second-order valence-electron chi connectivity index (χ2n) is 6.27. The maximum atomic E-state index is 14.8. The number of carbonyl (C=O) groups is 1. The Labute approximate surface area is 150 Å². The summed E-state index contributed by atoms with van der Waals surface area (Å²) in [6, 6.07) is 1.89. The molecule has 0 unspecified atom stereocenters. The predicted molar refractivity (Wildman–Crippen MR) is 100.0 cm³/mol. The Morgan fingerprint density at radius 3 is 2.71 bits per heavy atom. The van der Waals surface area contributed by atoms with Crippen LogP contribution in [0.25, 0.3) is 5.57 Å². The fourth-order valence-electron chi connectivity index (χ4n) is 3.33. The SMILES string of the molecule is C=C1C(C(C)=O)=CN(C)c2c1cc(F)c(N1CC(NCC)C1)c2Br. The summed E-state index contributed by atoms with van der Waals surface area (Å²) in [6.45, 7) is 10.0. The first-order chi connectivity index (χ1) is 11.3.